The van der Waals surface area contributed by atoms with Gasteiger partial charge in [-0.25, -0.2) is 0 Å². The number of ether oxygens (including phenoxy) is 1. The highest BCUT2D eigenvalue weighted by Gasteiger charge is 2.31. The van der Waals surface area contributed by atoms with E-state index < -0.39 is 5.54 Å². The molecule has 0 bridgehead atoms. The van der Waals surface area contributed by atoms with Gasteiger partial charge in [-0.05, 0) is 25.3 Å². The van der Waals surface area contributed by atoms with Crippen LogP contribution in [0.2, 0.25) is 0 Å². The molecule has 0 aliphatic carbocycles. The van der Waals surface area contributed by atoms with Crippen LogP contribution < -0.4 is 15.8 Å². The van der Waals surface area contributed by atoms with Crippen LogP contribution in [0.3, 0.4) is 0 Å². The van der Waals surface area contributed by atoms with Gasteiger partial charge in [0.2, 0.25) is 5.91 Å². The Kier molecular flexibility index (Phi) is 6.02. The molecular formula is C16H26N2O2. The van der Waals surface area contributed by atoms with Crippen LogP contribution in [-0.4, -0.2) is 18.6 Å². The fourth-order valence-corrected chi connectivity index (χ4v) is 2.23. The molecule has 1 amide bonds. The van der Waals surface area contributed by atoms with Crippen molar-refractivity contribution in [3.8, 4) is 5.75 Å². The van der Waals surface area contributed by atoms with Gasteiger partial charge in [-0.3, -0.25) is 4.79 Å². The third kappa shape index (κ3) is 3.51. The second kappa shape index (κ2) is 7.29. The molecule has 112 valence electrons. The highest BCUT2D eigenvalue weighted by Crippen LogP contribution is 2.27. The molecule has 0 fully saturated rings. The molecule has 4 nitrogen and oxygen atoms in total. The maximum Gasteiger partial charge on any atom is 0.240 e. The largest absolute Gasteiger partial charge is 0.496 e. The van der Waals surface area contributed by atoms with Gasteiger partial charge in [0, 0.05) is 5.56 Å². The quantitative estimate of drug-likeness (QED) is 0.806. The van der Waals surface area contributed by atoms with Crippen molar-refractivity contribution in [3.05, 3.63) is 29.8 Å². The van der Waals surface area contributed by atoms with Gasteiger partial charge in [0.15, 0.2) is 0 Å². The van der Waals surface area contributed by atoms with Crippen LogP contribution in [0.4, 0.5) is 0 Å². The molecule has 4 heteroatoms. The number of carbonyl (C=O) groups is 1. The third-order valence-corrected chi connectivity index (χ3v) is 3.94. The fraction of sp³-hybridized carbons (Fsp3) is 0.562. The first kappa shape index (κ1) is 16.5. The minimum absolute atomic E-state index is 0.0836. The van der Waals surface area contributed by atoms with E-state index in [1.54, 1.807) is 7.11 Å². The second-order valence-electron chi connectivity index (χ2n) is 5.04. The summed E-state index contributed by atoms with van der Waals surface area (Å²) in [5.74, 6) is 0.690. The van der Waals surface area contributed by atoms with E-state index in [0.29, 0.717) is 12.8 Å². The molecule has 1 aromatic carbocycles. The summed E-state index contributed by atoms with van der Waals surface area (Å²) in [7, 11) is 1.64. The number of hydrogen-bond acceptors (Lipinski definition) is 3. The van der Waals surface area contributed by atoms with E-state index in [4.69, 9.17) is 10.5 Å². The summed E-state index contributed by atoms with van der Waals surface area (Å²) in [6, 6.07) is 7.66. The molecule has 0 radical (unpaired) electrons. The summed E-state index contributed by atoms with van der Waals surface area (Å²) in [5, 5.41) is 3.06. The van der Waals surface area contributed by atoms with Gasteiger partial charge in [0.05, 0.1) is 18.7 Å². The molecule has 0 heterocycles. The molecule has 1 rings (SSSR count). The van der Waals surface area contributed by atoms with Crippen LogP contribution in [0.5, 0.6) is 5.75 Å². The summed E-state index contributed by atoms with van der Waals surface area (Å²) in [6.07, 6.45) is 2.03. The van der Waals surface area contributed by atoms with Crippen molar-refractivity contribution in [2.24, 2.45) is 5.73 Å². The lowest BCUT2D eigenvalue weighted by atomic mass is 9.92. The Hall–Kier alpha value is -1.55. The summed E-state index contributed by atoms with van der Waals surface area (Å²) in [6.45, 7) is 5.91. The van der Waals surface area contributed by atoms with Gasteiger partial charge in [-0.2, -0.15) is 0 Å². The number of rotatable bonds is 7. The van der Waals surface area contributed by atoms with E-state index >= 15 is 0 Å². The van der Waals surface area contributed by atoms with Gasteiger partial charge in [-0.15, -0.1) is 0 Å². The molecule has 1 aromatic rings. The SMILES string of the molecule is CCC(NC(=O)C(N)(CC)CC)c1ccccc1OC. The summed E-state index contributed by atoms with van der Waals surface area (Å²) < 4.78 is 5.37. The van der Waals surface area contributed by atoms with Crippen LogP contribution in [-0.2, 0) is 4.79 Å². The zero-order valence-electron chi connectivity index (χ0n) is 12.9. The highest BCUT2D eigenvalue weighted by molar-refractivity contribution is 5.86. The predicted molar refractivity (Wildman–Crippen MR) is 81.7 cm³/mol. The zero-order valence-corrected chi connectivity index (χ0v) is 12.9. The Balaban J connectivity index is 2.95. The number of nitrogens with two attached hydrogens (primary N) is 1. The summed E-state index contributed by atoms with van der Waals surface area (Å²) >= 11 is 0. The summed E-state index contributed by atoms with van der Waals surface area (Å²) in [5.41, 5.74) is 6.34. The van der Waals surface area contributed by atoms with Crippen molar-refractivity contribution in [2.45, 2.75) is 51.6 Å². The minimum Gasteiger partial charge on any atom is -0.496 e. The van der Waals surface area contributed by atoms with E-state index in [9.17, 15) is 4.79 Å². The number of carbonyl (C=O) groups excluding carboxylic acids is 1. The molecule has 0 aliphatic heterocycles. The fourth-order valence-electron chi connectivity index (χ4n) is 2.23. The average Bonchev–Trinajstić information content (AvgIpc) is 2.51. The first-order valence-corrected chi connectivity index (χ1v) is 7.25. The second-order valence-corrected chi connectivity index (χ2v) is 5.04. The highest BCUT2D eigenvalue weighted by atomic mass is 16.5. The lowest BCUT2D eigenvalue weighted by Crippen LogP contribution is -2.53. The smallest absolute Gasteiger partial charge is 0.240 e. The van der Waals surface area contributed by atoms with Gasteiger partial charge < -0.3 is 15.8 Å². The molecule has 0 saturated heterocycles. The Morgan fingerprint density at radius 3 is 2.40 bits per heavy atom. The van der Waals surface area contributed by atoms with Gasteiger partial charge in [0.1, 0.15) is 5.75 Å². The molecule has 1 unspecified atom stereocenters. The van der Waals surface area contributed by atoms with E-state index in [2.05, 4.69) is 5.32 Å². The zero-order chi connectivity index (χ0) is 15.2. The van der Waals surface area contributed by atoms with Crippen molar-refractivity contribution in [2.75, 3.05) is 7.11 Å². The Morgan fingerprint density at radius 1 is 1.30 bits per heavy atom. The maximum atomic E-state index is 12.4. The lowest BCUT2D eigenvalue weighted by Gasteiger charge is -2.29. The van der Waals surface area contributed by atoms with Crippen molar-refractivity contribution in [1.29, 1.82) is 0 Å². The Morgan fingerprint density at radius 2 is 1.90 bits per heavy atom. The molecule has 20 heavy (non-hydrogen) atoms. The normalized spacial score (nSPS) is 12.8. The predicted octanol–water partition coefficient (Wildman–Crippen LogP) is 2.78. The van der Waals surface area contributed by atoms with Crippen LogP contribution >= 0.6 is 0 Å². The van der Waals surface area contributed by atoms with Crippen LogP contribution in [0.1, 0.15) is 51.6 Å². The van der Waals surface area contributed by atoms with Crippen molar-refractivity contribution >= 4 is 5.91 Å². The van der Waals surface area contributed by atoms with Crippen molar-refractivity contribution < 1.29 is 9.53 Å². The number of methoxy groups -OCH3 is 1. The monoisotopic (exact) mass is 278 g/mol. The number of para-hydroxylation sites is 1. The van der Waals surface area contributed by atoms with E-state index in [1.165, 1.54) is 0 Å². The number of amides is 1. The topological polar surface area (TPSA) is 64.4 Å². The molecule has 0 spiro atoms. The van der Waals surface area contributed by atoms with Crippen LogP contribution in [0.25, 0.3) is 0 Å². The third-order valence-electron chi connectivity index (χ3n) is 3.94. The molecular weight excluding hydrogens is 252 g/mol. The molecule has 0 aromatic heterocycles. The van der Waals surface area contributed by atoms with Gasteiger partial charge in [0.25, 0.3) is 0 Å². The molecule has 0 saturated carbocycles. The van der Waals surface area contributed by atoms with Gasteiger partial charge >= 0.3 is 0 Å². The van der Waals surface area contributed by atoms with Crippen molar-refractivity contribution in [3.63, 3.8) is 0 Å². The average molecular weight is 278 g/mol. The Bertz CT molecular complexity index is 442. The molecule has 0 aliphatic rings. The molecule has 3 N–H and O–H groups in total. The summed E-state index contributed by atoms with van der Waals surface area (Å²) in [4.78, 5) is 12.4. The number of benzene rings is 1. The van der Waals surface area contributed by atoms with Gasteiger partial charge in [-0.1, -0.05) is 39.0 Å². The first-order valence-electron chi connectivity index (χ1n) is 7.25. The minimum atomic E-state index is -0.796. The number of nitrogens with one attached hydrogen (secondary N) is 1. The lowest BCUT2D eigenvalue weighted by molar-refractivity contribution is -0.127. The Labute approximate surface area is 121 Å². The van der Waals surface area contributed by atoms with Crippen molar-refractivity contribution in [1.82, 2.24) is 5.32 Å². The van der Waals surface area contributed by atoms with E-state index in [-0.39, 0.29) is 11.9 Å². The number of hydrogen-bond donors (Lipinski definition) is 2. The van der Waals surface area contributed by atoms with Crippen LogP contribution in [0.15, 0.2) is 24.3 Å². The maximum absolute atomic E-state index is 12.4. The standard InChI is InChI=1S/C16H26N2O2/c1-5-13(12-10-8-9-11-14(12)20-4)18-15(19)16(17,6-2)7-3/h8-11,13H,5-7,17H2,1-4H3,(H,18,19). The van der Waals surface area contributed by atoms with E-state index in [1.807, 2.05) is 45.0 Å². The van der Waals surface area contributed by atoms with E-state index in [0.717, 1.165) is 17.7 Å². The molecule has 1 atom stereocenters. The first-order chi connectivity index (χ1) is 9.52. The van der Waals surface area contributed by atoms with Crippen LogP contribution in [0, 0.1) is 0 Å².